The average molecular weight is 249 g/mol. The van der Waals surface area contributed by atoms with Crippen molar-refractivity contribution >= 4 is 15.9 Å². The lowest BCUT2D eigenvalue weighted by Gasteiger charge is -2.42. The molecule has 0 aliphatic heterocycles. The lowest BCUT2D eigenvalue weighted by Crippen LogP contribution is -2.39. The molecule has 0 aromatic rings. The maximum absolute atomic E-state index is 5.95. The second kappa shape index (κ2) is 4.31. The van der Waals surface area contributed by atoms with Crippen LogP contribution in [0.15, 0.2) is 0 Å². The summed E-state index contributed by atoms with van der Waals surface area (Å²) < 4.78 is 5.95. The molecule has 0 spiro atoms. The first-order valence-electron chi connectivity index (χ1n) is 5.23. The van der Waals surface area contributed by atoms with Crippen LogP contribution in [0.4, 0.5) is 0 Å². The number of halogens is 1. The summed E-state index contributed by atoms with van der Waals surface area (Å²) in [4.78, 5) is 0. The SMILES string of the molecule is CCC(C)(C)OCC1(CBr)CCC1. The van der Waals surface area contributed by atoms with Crippen molar-refractivity contribution in [3.05, 3.63) is 0 Å². The van der Waals surface area contributed by atoms with Crippen LogP contribution in [0, 0.1) is 5.41 Å². The molecule has 0 saturated heterocycles. The van der Waals surface area contributed by atoms with E-state index in [0.717, 1.165) is 18.4 Å². The van der Waals surface area contributed by atoms with Gasteiger partial charge in [0, 0.05) is 10.7 Å². The van der Waals surface area contributed by atoms with E-state index >= 15 is 0 Å². The van der Waals surface area contributed by atoms with Gasteiger partial charge in [-0.05, 0) is 33.1 Å². The summed E-state index contributed by atoms with van der Waals surface area (Å²) >= 11 is 3.59. The molecule has 1 aliphatic carbocycles. The van der Waals surface area contributed by atoms with Crippen molar-refractivity contribution in [1.82, 2.24) is 0 Å². The molecular weight excluding hydrogens is 228 g/mol. The normalized spacial score (nSPS) is 21.2. The smallest absolute Gasteiger partial charge is 0.0624 e. The highest BCUT2D eigenvalue weighted by Gasteiger charge is 2.37. The topological polar surface area (TPSA) is 9.23 Å². The van der Waals surface area contributed by atoms with Crippen LogP contribution in [-0.4, -0.2) is 17.5 Å². The number of alkyl halides is 1. The highest BCUT2D eigenvalue weighted by molar-refractivity contribution is 9.09. The molecule has 0 amide bonds. The van der Waals surface area contributed by atoms with Gasteiger partial charge in [0.2, 0.25) is 0 Å². The summed E-state index contributed by atoms with van der Waals surface area (Å²) in [5.41, 5.74) is 0.525. The molecule has 0 heterocycles. The Kier molecular flexibility index (Phi) is 3.82. The van der Waals surface area contributed by atoms with Crippen molar-refractivity contribution in [3.63, 3.8) is 0 Å². The average Bonchev–Trinajstić information content (AvgIpc) is 2.03. The predicted molar refractivity (Wildman–Crippen MR) is 60.4 cm³/mol. The lowest BCUT2D eigenvalue weighted by atomic mass is 9.71. The highest BCUT2D eigenvalue weighted by Crippen LogP contribution is 2.43. The molecule has 0 atom stereocenters. The third-order valence-electron chi connectivity index (χ3n) is 3.32. The van der Waals surface area contributed by atoms with E-state index in [1.165, 1.54) is 19.3 Å². The van der Waals surface area contributed by atoms with E-state index in [-0.39, 0.29) is 5.60 Å². The molecule has 1 saturated carbocycles. The molecule has 0 radical (unpaired) electrons. The molecular formula is C11H21BrO. The Hall–Kier alpha value is 0.440. The molecule has 0 unspecified atom stereocenters. The molecule has 0 aromatic heterocycles. The molecule has 78 valence electrons. The Bertz CT molecular complexity index is 156. The standard InChI is InChI=1S/C11H21BrO/c1-4-10(2,3)13-9-11(8-12)6-5-7-11/h4-9H2,1-3H3. The number of hydrogen-bond donors (Lipinski definition) is 0. The van der Waals surface area contributed by atoms with Gasteiger partial charge in [-0.2, -0.15) is 0 Å². The van der Waals surface area contributed by atoms with E-state index in [1.54, 1.807) is 0 Å². The number of rotatable bonds is 5. The van der Waals surface area contributed by atoms with E-state index in [4.69, 9.17) is 4.74 Å². The zero-order chi connectivity index (χ0) is 9.95. The van der Waals surface area contributed by atoms with E-state index in [2.05, 4.69) is 36.7 Å². The van der Waals surface area contributed by atoms with Gasteiger partial charge in [-0.3, -0.25) is 0 Å². The van der Waals surface area contributed by atoms with Crippen LogP contribution < -0.4 is 0 Å². The molecule has 0 aromatic carbocycles. The first-order chi connectivity index (χ1) is 6.04. The lowest BCUT2D eigenvalue weighted by molar-refractivity contribution is -0.0796. The molecule has 2 heteroatoms. The van der Waals surface area contributed by atoms with Gasteiger partial charge in [0.15, 0.2) is 0 Å². The first kappa shape index (κ1) is 11.5. The van der Waals surface area contributed by atoms with Crippen LogP contribution in [0.3, 0.4) is 0 Å². The zero-order valence-corrected chi connectivity index (χ0v) is 10.6. The second-order valence-corrected chi connectivity index (χ2v) is 5.45. The minimum absolute atomic E-state index is 0.0603. The summed E-state index contributed by atoms with van der Waals surface area (Å²) in [6.07, 6.45) is 5.13. The van der Waals surface area contributed by atoms with Crippen molar-refractivity contribution < 1.29 is 4.74 Å². The Labute approximate surface area is 90.4 Å². The van der Waals surface area contributed by atoms with Gasteiger partial charge < -0.3 is 4.74 Å². The third kappa shape index (κ3) is 2.95. The van der Waals surface area contributed by atoms with Crippen LogP contribution >= 0.6 is 15.9 Å². The Morgan fingerprint density at radius 3 is 2.31 bits per heavy atom. The van der Waals surface area contributed by atoms with Crippen molar-refractivity contribution in [2.45, 2.75) is 52.1 Å². The van der Waals surface area contributed by atoms with Crippen molar-refractivity contribution in [1.29, 1.82) is 0 Å². The summed E-state index contributed by atoms with van der Waals surface area (Å²) in [6, 6.07) is 0. The zero-order valence-electron chi connectivity index (χ0n) is 9.03. The van der Waals surface area contributed by atoms with Gasteiger partial charge in [-0.25, -0.2) is 0 Å². The molecule has 1 aliphatic rings. The fourth-order valence-electron chi connectivity index (χ4n) is 1.44. The van der Waals surface area contributed by atoms with Gasteiger partial charge >= 0.3 is 0 Å². The van der Waals surface area contributed by atoms with E-state index in [9.17, 15) is 0 Å². The Balaban J connectivity index is 2.32. The third-order valence-corrected chi connectivity index (χ3v) is 4.51. The van der Waals surface area contributed by atoms with Gasteiger partial charge in [0.05, 0.1) is 12.2 Å². The van der Waals surface area contributed by atoms with Crippen molar-refractivity contribution in [2.75, 3.05) is 11.9 Å². The van der Waals surface area contributed by atoms with Crippen molar-refractivity contribution in [2.24, 2.45) is 5.41 Å². The van der Waals surface area contributed by atoms with E-state index in [1.807, 2.05) is 0 Å². The predicted octanol–water partition coefficient (Wildman–Crippen LogP) is 3.76. The quantitative estimate of drug-likeness (QED) is 0.674. The largest absolute Gasteiger partial charge is 0.375 e. The fraction of sp³-hybridized carbons (Fsp3) is 1.00. The van der Waals surface area contributed by atoms with Crippen LogP contribution in [-0.2, 0) is 4.74 Å². The minimum atomic E-state index is 0.0603. The van der Waals surface area contributed by atoms with E-state index in [0.29, 0.717) is 5.41 Å². The summed E-state index contributed by atoms with van der Waals surface area (Å²) in [6.45, 7) is 7.46. The Morgan fingerprint density at radius 2 is 2.00 bits per heavy atom. The van der Waals surface area contributed by atoms with Crippen LogP contribution in [0.1, 0.15) is 46.5 Å². The first-order valence-corrected chi connectivity index (χ1v) is 6.36. The summed E-state index contributed by atoms with van der Waals surface area (Å²) in [5, 5.41) is 1.10. The van der Waals surface area contributed by atoms with Crippen molar-refractivity contribution in [3.8, 4) is 0 Å². The molecule has 0 N–H and O–H groups in total. The van der Waals surface area contributed by atoms with Crippen LogP contribution in [0.2, 0.25) is 0 Å². The Morgan fingerprint density at radius 1 is 1.38 bits per heavy atom. The number of hydrogen-bond acceptors (Lipinski definition) is 1. The fourth-order valence-corrected chi connectivity index (χ4v) is 2.17. The van der Waals surface area contributed by atoms with Crippen LogP contribution in [0.25, 0.3) is 0 Å². The van der Waals surface area contributed by atoms with Gasteiger partial charge in [-0.1, -0.05) is 29.3 Å². The second-order valence-electron chi connectivity index (χ2n) is 4.89. The maximum atomic E-state index is 5.95. The van der Waals surface area contributed by atoms with E-state index < -0.39 is 0 Å². The maximum Gasteiger partial charge on any atom is 0.0624 e. The minimum Gasteiger partial charge on any atom is -0.375 e. The van der Waals surface area contributed by atoms with Gasteiger partial charge in [-0.15, -0.1) is 0 Å². The van der Waals surface area contributed by atoms with Gasteiger partial charge in [0.25, 0.3) is 0 Å². The van der Waals surface area contributed by atoms with Crippen LogP contribution in [0.5, 0.6) is 0 Å². The summed E-state index contributed by atoms with van der Waals surface area (Å²) in [7, 11) is 0. The molecule has 1 rings (SSSR count). The van der Waals surface area contributed by atoms with Gasteiger partial charge in [0.1, 0.15) is 0 Å². The molecule has 1 fully saturated rings. The number of ether oxygens (including phenoxy) is 1. The monoisotopic (exact) mass is 248 g/mol. The molecule has 13 heavy (non-hydrogen) atoms. The highest BCUT2D eigenvalue weighted by atomic mass is 79.9. The molecule has 0 bridgehead atoms. The summed E-state index contributed by atoms with van der Waals surface area (Å²) in [5.74, 6) is 0. The molecule has 1 nitrogen and oxygen atoms in total.